The number of carbonyl (C=O) groups excluding carboxylic acids is 1. The molecule has 0 saturated heterocycles. The van der Waals surface area contributed by atoms with E-state index in [1.54, 1.807) is 0 Å². The Bertz CT molecular complexity index is 904. The predicted molar refractivity (Wildman–Crippen MR) is 114 cm³/mol. The maximum Gasteiger partial charge on any atom is 0.411 e. The lowest BCUT2D eigenvalue weighted by Crippen LogP contribution is -2.28. The molecule has 0 atom stereocenters. The fourth-order valence-electron chi connectivity index (χ4n) is 2.83. The van der Waals surface area contributed by atoms with Crippen molar-refractivity contribution >= 4 is 33.8 Å². The van der Waals surface area contributed by atoms with Crippen molar-refractivity contribution < 1.29 is 19.0 Å². The summed E-state index contributed by atoms with van der Waals surface area (Å²) in [6, 6.07) is 9.36. The Morgan fingerprint density at radius 1 is 1.25 bits per heavy atom. The van der Waals surface area contributed by atoms with E-state index in [1.807, 2.05) is 70.2 Å². The second-order valence-corrected chi connectivity index (χ2v) is 7.89. The number of ether oxygens (including phenoxy) is 3. The Hall–Kier alpha value is -2.47. The van der Waals surface area contributed by atoms with E-state index >= 15 is 0 Å². The lowest BCUT2D eigenvalue weighted by molar-refractivity contribution is 0.154. The standard InChI is InChI=1S/C22H24BrNO4/c1-5-26-17-8-6-15(7-9-17)13-27-21(25)24-18-12-16-10-11-22(3,4)28-20(16)19(23)14(18)2/h6-12H,5,13H2,1-4H3,(H,24,25). The first-order valence-corrected chi connectivity index (χ1v) is 9.95. The van der Waals surface area contributed by atoms with Crippen molar-refractivity contribution in [2.75, 3.05) is 11.9 Å². The van der Waals surface area contributed by atoms with Gasteiger partial charge in [-0.3, -0.25) is 5.32 Å². The molecule has 0 aliphatic carbocycles. The molecule has 2 aromatic rings. The Kier molecular flexibility index (Phi) is 5.98. The van der Waals surface area contributed by atoms with E-state index in [0.717, 1.165) is 32.7 Å². The number of carbonyl (C=O) groups is 1. The first kappa shape index (κ1) is 20.3. The second-order valence-electron chi connectivity index (χ2n) is 7.10. The van der Waals surface area contributed by atoms with Crippen molar-refractivity contribution in [3.8, 4) is 11.5 Å². The van der Waals surface area contributed by atoms with Crippen LogP contribution in [0.2, 0.25) is 0 Å². The molecule has 3 rings (SSSR count). The molecule has 5 nitrogen and oxygen atoms in total. The molecular formula is C22H24BrNO4. The Morgan fingerprint density at radius 2 is 1.96 bits per heavy atom. The largest absolute Gasteiger partial charge is 0.494 e. The lowest BCUT2D eigenvalue weighted by Gasteiger charge is -2.29. The number of fused-ring (bicyclic) bond motifs is 1. The first-order valence-electron chi connectivity index (χ1n) is 9.16. The summed E-state index contributed by atoms with van der Waals surface area (Å²) in [6.07, 6.45) is 3.48. The molecule has 0 unspecified atom stereocenters. The maximum atomic E-state index is 12.3. The molecule has 1 aliphatic heterocycles. The maximum absolute atomic E-state index is 12.3. The van der Waals surface area contributed by atoms with Gasteiger partial charge in [0.2, 0.25) is 0 Å². The highest BCUT2D eigenvalue weighted by atomic mass is 79.9. The molecule has 6 heteroatoms. The molecular weight excluding hydrogens is 422 g/mol. The normalized spacial score (nSPS) is 14.0. The van der Waals surface area contributed by atoms with Crippen LogP contribution in [0.5, 0.6) is 11.5 Å². The van der Waals surface area contributed by atoms with E-state index in [9.17, 15) is 4.79 Å². The third kappa shape index (κ3) is 4.68. The van der Waals surface area contributed by atoms with Gasteiger partial charge < -0.3 is 14.2 Å². The van der Waals surface area contributed by atoms with Crippen molar-refractivity contribution in [1.82, 2.24) is 0 Å². The van der Waals surface area contributed by atoms with Gasteiger partial charge in [0.05, 0.1) is 11.1 Å². The van der Waals surface area contributed by atoms with Crippen molar-refractivity contribution in [3.05, 3.63) is 57.6 Å². The highest BCUT2D eigenvalue weighted by Gasteiger charge is 2.25. The van der Waals surface area contributed by atoms with Crippen LogP contribution in [0, 0.1) is 6.92 Å². The molecule has 1 aliphatic rings. The highest BCUT2D eigenvalue weighted by molar-refractivity contribution is 9.10. The predicted octanol–water partition coefficient (Wildman–Crippen LogP) is 6.09. The number of hydrogen-bond acceptors (Lipinski definition) is 4. The molecule has 0 fully saturated rings. The van der Waals surface area contributed by atoms with Crippen molar-refractivity contribution in [2.24, 2.45) is 0 Å². The Morgan fingerprint density at radius 3 is 2.64 bits per heavy atom. The summed E-state index contributed by atoms with van der Waals surface area (Å²) in [5.41, 5.74) is 2.98. The van der Waals surface area contributed by atoms with Crippen LogP contribution in [0.25, 0.3) is 6.08 Å². The summed E-state index contributed by atoms with van der Waals surface area (Å²) in [6.45, 7) is 8.65. The van der Waals surface area contributed by atoms with Crippen molar-refractivity contribution in [1.29, 1.82) is 0 Å². The van der Waals surface area contributed by atoms with Crippen LogP contribution < -0.4 is 14.8 Å². The Balaban J connectivity index is 1.66. The third-order valence-corrected chi connectivity index (χ3v) is 5.32. The van der Waals surface area contributed by atoms with Gasteiger partial charge in [-0.2, -0.15) is 0 Å². The van der Waals surface area contributed by atoms with Gasteiger partial charge in [0.25, 0.3) is 0 Å². The van der Waals surface area contributed by atoms with Gasteiger partial charge in [-0.25, -0.2) is 4.79 Å². The summed E-state index contributed by atoms with van der Waals surface area (Å²) >= 11 is 3.59. The van der Waals surface area contributed by atoms with Crippen LogP contribution in [0.1, 0.15) is 37.5 Å². The van der Waals surface area contributed by atoms with Crippen LogP contribution in [-0.2, 0) is 11.3 Å². The first-order chi connectivity index (χ1) is 13.3. The number of halogens is 1. The number of hydrogen-bond donors (Lipinski definition) is 1. The minimum atomic E-state index is -0.509. The fourth-order valence-corrected chi connectivity index (χ4v) is 3.36. The molecule has 1 amide bonds. The SMILES string of the molecule is CCOc1ccc(COC(=O)Nc2cc3c(c(Br)c2C)OC(C)(C)C=C3)cc1. The van der Waals surface area contributed by atoms with E-state index in [-0.39, 0.29) is 12.2 Å². The van der Waals surface area contributed by atoms with Crippen LogP contribution in [0.3, 0.4) is 0 Å². The van der Waals surface area contributed by atoms with E-state index in [4.69, 9.17) is 14.2 Å². The molecule has 28 heavy (non-hydrogen) atoms. The van der Waals surface area contributed by atoms with Gasteiger partial charge in [-0.15, -0.1) is 0 Å². The summed E-state index contributed by atoms with van der Waals surface area (Å²) in [5, 5.41) is 2.82. The smallest absolute Gasteiger partial charge is 0.411 e. The monoisotopic (exact) mass is 445 g/mol. The molecule has 1 heterocycles. The third-order valence-electron chi connectivity index (χ3n) is 4.37. The average molecular weight is 446 g/mol. The zero-order chi connectivity index (χ0) is 20.3. The number of anilines is 1. The van der Waals surface area contributed by atoms with Crippen LogP contribution >= 0.6 is 15.9 Å². The molecule has 0 spiro atoms. The van der Waals surface area contributed by atoms with Gasteiger partial charge in [0.1, 0.15) is 23.7 Å². The van der Waals surface area contributed by atoms with E-state index in [2.05, 4.69) is 21.2 Å². The molecule has 0 bridgehead atoms. The minimum absolute atomic E-state index is 0.181. The quantitative estimate of drug-likeness (QED) is 0.604. The lowest BCUT2D eigenvalue weighted by atomic mass is 10.0. The molecule has 0 aromatic heterocycles. The summed E-state index contributed by atoms with van der Waals surface area (Å²) in [7, 11) is 0. The van der Waals surface area contributed by atoms with Gasteiger partial charge in [-0.1, -0.05) is 18.2 Å². The summed E-state index contributed by atoms with van der Waals surface area (Å²) < 4.78 is 17.6. The van der Waals surface area contributed by atoms with Crippen LogP contribution in [-0.4, -0.2) is 18.3 Å². The average Bonchev–Trinajstić information content (AvgIpc) is 2.66. The topological polar surface area (TPSA) is 56.8 Å². The van der Waals surface area contributed by atoms with Crippen molar-refractivity contribution in [3.63, 3.8) is 0 Å². The molecule has 148 valence electrons. The second kappa shape index (κ2) is 8.27. The molecule has 0 radical (unpaired) electrons. The molecule has 2 aromatic carbocycles. The van der Waals surface area contributed by atoms with Crippen LogP contribution in [0.4, 0.5) is 10.5 Å². The number of benzene rings is 2. The highest BCUT2D eigenvalue weighted by Crippen LogP contribution is 2.42. The summed E-state index contributed by atoms with van der Waals surface area (Å²) in [4.78, 5) is 12.3. The summed E-state index contributed by atoms with van der Waals surface area (Å²) in [5.74, 6) is 1.57. The number of rotatable bonds is 5. The molecule has 0 saturated carbocycles. The van der Waals surface area contributed by atoms with E-state index < -0.39 is 6.09 Å². The van der Waals surface area contributed by atoms with Gasteiger partial charge in [0.15, 0.2) is 0 Å². The van der Waals surface area contributed by atoms with E-state index in [1.165, 1.54) is 0 Å². The number of nitrogens with one attached hydrogen (secondary N) is 1. The van der Waals surface area contributed by atoms with Crippen LogP contribution in [0.15, 0.2) is 40.9 Å². The van der Waals surface area contributed by atoms with Gasteiger partial charge >= 0.3 is 6.09 Å². The van der Waals surface area contributed by atoms with Gasteiger partial charge in [0, 0.05) is 11.3 Å². The van der Waals surface area contributed by atoms with Gasteiger partial charge in [-0.05, 0) is 79.0 Å². The van der Waals surface area contributed by atoms with E-state index in [0.29, 0.717) is 12.3 Å². The zero-order valence-corrected chi connectivity index (χ0v) is 18.1. The fraction of sp³-hybridized carbons (Fsp3) is 0.318. The zero-order valence-electron chi connectivity index (χ0n) is 16.5. The minimum Gasteiger partial charge on any atom is -0.494 e. The number of amides is 1. The van der Waals surface area contributed by atoms with Crippen molar-refractivity contribution in [2.45, 2.75) is 39.9 Å². The Labute approximate surface area is 173 Å². The molecule has 1 N–H and O–H groups in total.